The lowest BCUT2D eigenvalue weighted by Gasteiger charge is -2.34. The predicted molar refractivity (Wildman–Crippen MR) is 168 cm³/mol. The molecule has 256 valence electrons. The van der Waals surface area contributed by atoms with Crippen LogP contribution in [-0.2, 0) is 9.53 Å². The first-order valence-corrected chi connectivity index (χ1v) is 15.5. The Labute approximate surface area is 270 Å². The van der Waals surface area contributed by atoms with Gasteiger partial charge in [0.15, 0.2) is 0 Å². The second kappa shape index (κ2) is 17.0. The van der Waals surface area contributed by atoms with E-state index in [9.17, 15) is 27.6 Å². The standard InChI is InChI=1S/C28H41N5O5S.C2HF3O2/c1-6-32(7-2)15-16-37-21-12-10-19(11-13-21)23-17-22(25(39-23)31-26(29)35)24(34)30-20-9-8-14-33(18-20)27(36)38-28(3,4)5;3-2(4,5)1(6)7/h10-13,17,20H,6-9,14-16,18H2,1-5H3,(H,30,34)(H3,29,31,35);(H,6,7)/t20-;/m0./s1. The third-order valence-electron chi connectivity index (χ3n) is 6.57. The van der Waals surface area contributed by atoms with Gasteiger partial charge in [0.25, 0.3) is 5.91 Å². The summed E-state index contributed by atoms with van der Waals surface area (Å²) in [6.07, 6.45) is -4.00. The lowest BCUT2D eigenvalue weighted by atomic mass is 10.1. The number of thiophene rings is 1. The van der Waals surface area contributed by atoms with Crippen molar-refractivity contribution in [1.82, 2.24) is 15.1 Å². The fraction of sp³-hybridized carbons (Fsp3) is 0.533. The number of urea groups is 1. The van der Waals surface area contributed by atoms with E-state index in [-0.39, 0.29) is 11.9 Å². The Morgan fingerprint density at radius 3 is 2.24 bits per heavy atom. The topological polar surface area (TPSA) is 164 Å². The Balaban J connectivity index is 0.000000942. The molecule has 1 aromatic heterocycles. The highest BCUT2D eigenvalue weighted by molar-refractivity contribution is 7.20. The van der Waals surface area contributed by atoms with Crippen LogP contribution in [-0.4, -0.2) is 96.1 Å². The summed E-state index contributed by atoms with van der Waals surface area (Å²) in [5.41, 5.74) is 6.00. The van der Waals surface area contributed by atoms with Crippen molar-refractivity contribution in [3.8, 4) is 16.2 Å². The number of aliphatic carboxylic acids is 1. The molecule has 12 nitrogen and oxygen atoms in total. The number of primary amides is 1. The van der Waals surface area contributed by atoms with Crippen LogP contribution in [0, 0.1) is 0 Å². The summed E-state index contributed by atoms with van der Waals surface area (Å²) < 4.78 is 43.1. The van der Waals surface area contributed by atoms with E-state index in [1.807, 2.05) is 45.0 Å². The summed E-state index contributed by atoms with van der Waals surface area (Å²) in [7, 11) is 0. The van der Waals surface area contributed by atoms with Gasteiger partial charge in [0.05, 0.1) is 5.56 Å². The molecule has 4 amide bonds. The molecule has 1 fully saturated rings. The third kappa shape index (κ3) is 12.7. The monoisotopic (exact) mass is 673 g/mol. The van der Waals surface area contributed by atoms with E-state index in [1.54, 1.807) is 11.0 Å². The first-order valence-electron chi connectivity index (χ1n) is 14.7. The van der Waals surface area contributed by atoms with E-state index in [0.717, 1.165) is 48.7 Å². The van der Waals surface area contributed by atoms with Crippen molar-refractivity contribution < 1.29 is 46.9 Å². The normalized spacial score (nSPS) is 15.0. The van der Waals surface area contributed by atoms with Gasteiger partial charge in [0.2, 0.25) is 0 Å². The fourth-order valence-electron chi connectivity index (χ4n) is 4.30. The zero-order valence-electron chi connectivity index (χ0n) is 26.5. The number of nitrogens with zero attached hydrogens (tertiary/aromatic N) is 2. The Hall–Kier alpha value is -4.05. The Morgan fingerprint density at radius 1 is 1.11 bits per heavy atom. The summed E-state index contributed by atoms with van der Waals surface area (Å²) in [6, 6.07) is 8.40. The van der Waals surface area contributed by atoms with Crippen LogP contribution in [0.2, 0.25) is 0 Å². The van der Waals surface area contributed by atoms with Gasteiger partial charge < -0.3 is 35.4 Å². The second-order valence-corrected chi connectivity index (χ2v) is 12.3. The third-order valence-corrected chi connectivity index (χ3v) is 7.67. The van der Waals surface area contributed by atoms with E-state index >= 15 is 0 Å². The maximum atomic E-state index is 13.3. The quantitative estimate of drug-likeness (QED) is 0.261. The van der Waals surface area contributed by atoms with Crippen molar-refractivity contribution in [2.45, 2.75) is 65.3 Å². The van der Waals surface area contributed by atoms with Crippen molar-refractivity contribution in [3.63, 3.8) is 0 Å². The number of nitrogens with one attached hydrogen (secondary N) is 2. The molecule has 0 radical (unpaired) electrons. The van der Waals surface area contributed by atoms with Crippen molar-refractivity contribution >= 4 is 40.3 Å². The van der Waals surface area contributed by atoms with Gasteiger partial charge in [0.1, 0.15) is 23.0 Å². The Kier molecular flexibility index (Phi) is 14.1. The number of carboxylic acids is 1. The van der Waals surface area contributed by atoms with Crippen LogP contribution in [0.25, 0.3) is 10.4 Å². The van der Waals surface area contributed by atoms with Crippen LogP contribution in [0.15, 0.2) is 30.3 Å². The Morgan fingerprint density at radius 2 is 1.72 bits per heavy atom. The SMILES string of the molecule is CCN(CC)CCOc1ccc(-c2cc(C(=O)N[C@H]3CCCN(C(=O)OC(C)(C)C)C3)c(NC(N)=O)s2)cc1.O=C(O)C(F)(F)F. The molecule has 46 heavy (non-hydrogen) atoms. The van der Waals surface area contributed by atoms with Gasteiger partial charge in [-0.1, -0.05) is 13.8 Å². The molecule has 0 spiro atoms. The Bertz CT molecular complexity index is 1330. The number of benzene rings is 1. The molecule has 1 atom stereocenters. The number of anilines is 1. The summed E-state index contributed by atoms with van der Waals surface area (Å²) in [5.74, 6) is -2.33. The average molecular weight is 674 g/mol. The molecule has 16 heteroatoms. The van der Waals surface area contributed by atoms with Gasteiger partial charge in [-0.2, -0.15) is 13.2 Å². The summed E-state index contributed by atoms with van der Waals surface area (Å²) in [6.45, 7) is 14.1. The van der Waals surface area contributed by atoms with Crippen LogP contribution < -0.4 is 21.1 Å². The van der Waals surface area contributed by atoms with Crippen molar-refractivity contribution in [1.29, 1.82) is 0 Å². The van der Waals surface area contributed by atoms with E-state index in [0.29, 0.717) is 30.3 Å². The smallest absolute Gasteiger partial charge is 0.490 e. The van der Waals surface area contributed by atoms with Gasteiger partial charge in [-0.15, -0.1) is 11.3 Å². The minimum absolute atomic E-state index is 0.240. The highest BCUT2D eigenvalue weighted by Crippen LogP contribution is 2.36. The number of carbonyl (C=O) groups excluding carboxylic acids is 3. The molecule has 0 aliphatic carbocycles. The first-order chi connectivity index (χ1) is 21.4. The maximum Gasteiger partial charge on any atom is 0.490 e. The number of rotatable bonds is 10. The van der Waals surface area contributed by atoms with Crippen LogP contribution >= 0.6 is 11.3 Å². The van der Waals surface area contributed by atoms with E-state index in [2.05, 4.69) is 29.4 Å². The maximum absolute atomic E-state index is 13.3. The molecule has 3 rings (SSSR count). The van der Waals surface area contributed by atoms with Crippen molar-refractivity contribution in [2.75, 3.05) is 44.6 Å². The molecule has 2 aromatic rings. The number of alkyl halides is 3. The zero-order valence-corrected chi connectivity index (χ0v) is 27.3. The number of halogens is 3. The van der Waals surface area contributed by atoms with Gasteiger partial charge >= 0.3 is 24.3 Å². The molecule has 5 N–H and O–H groups in total. The zero-order chi connectivity index (χ0) is 34.7. The van der Waals surface area contributed by atoms with E-state index in [4.69, 9.17) is 25.1 Å². The molecular weight excluding hydrogens is 631 g/mol. The molecular formula is C30H42F3N5O7S. The number of hydrogen-bond donors (Lipinski definition) is 4. The number of piperidine rings is 1. The van der Waals surface area contributed by atoms with Crippen molar-refractivity contribution in [3.05, 3.63) is 35.9 Å². The minimum atomic E-state index is -5.08. The molecule has 0 unspecified atom stereocenters. The fourth-order valence-corrected chi connectivity index (χ4v) is 5.37. The number of likely N-dealkylation sites (N-methyl/N-ethyl adjacent to an activating group) is 1. The lowest BCUT2D eigenvalue weighted by molar-refractivity contribution is -0.192. The number of hydrogen-bond acceptors (Lipinski definition) is 8. The van der Waals surface area contributed by atoms with Gasteiger partial charge in [-0.25, -0.2) is 14.4 Å². The summed E-state index contributed by atoms with van der Waals surface area (Å²) >= 11 is 1.27. The number of carboxylic acid groups (broad SMARTS) is 1. The molecule has 1 aliphatic rings. The molecule has 1 aliphatic heterocycles. The first kappa shape index (κ1) is 38.1. The van der Waals surface area contributed by atoms with Crippen LogP contribution in [0.3, 0.4) is 0 Å². The number of nitrogens with two attached hydrogens (primary N) is 1. The number of likely N-dealkylation sites (tertiary alicyclic amines) is 1. The number of ether oxygens (including phenoxy) is 2. The molecule has 2 heterocycles. The highest BCUT2D eigenvalue weighted by Gasteiger charge is 2.38. The average Bonchev–Trinajstić information content (AvgIpc) is 3.38. The van der Waals surface area contributed by atoms with Crippen LogP contribution in [0.1, 0.15) is 57.8 Å². The van der Waals surface area contributed by atoms with E-state index in [1.165, 1.54) is 11.3 Å². The minimum Gasteiger partial charge on any atom is -0.492 e. The summed E-state index contributed by atoms with van der Waals surface area (Å²) in [4.78, 5) is 51.1. The van der Waals surface area contributed by atoms with Crippen LogP contribution in [0.4, 0.5) is 27.8 Å². The predicted octanol–water partition coefficient (Wildman–Crippen LogP) is 5.39. The number of carbonyl (C=O) groups is 4. The highest BCUT2D eigenvalue weighted by atomic mass is 32.1. The molecule has 1 saturated heterocycles. The van der Waals surface area contributed by atoms with Crippen LogP contribution in [0.5, 0.6) is 5.75 Å². The summed E-state index contributed by atoms with van der Waals surface area (Å²) in [5, 5.41) is 13.1. The van der Waals surface area contributed by atoms with Crippen molar-refractivity contribution in [2.24, 2.45) is 5.73 Å². The molecule has 0 bridgehead atoms. The second-order valence-electron chi connectivity index (χ2n) is 11.3. The largest absolute Gasteiger partial charge is 0.492 e. The van der Waals surface area contributed by atoms with Gasteiger partial charge in [-0.3, -0.25) is 10.1 Å². The molecule has 0 saturated carbocycles. The van der Waals surface area contributed by atoms with E-state index < -0.39 is 29.9 Å². The number of amides is 4. The lowest BCUT2D eigenvalue weighted by Crippen LogP contribution is -2.50. The van der Waals surface area contributed by atoms with Gasteiger partial charge in [0, 0.05) is 30.6 Å². The molecule has 1 aromatic carbocycles. The van der Waals surface area contributed by atoms with Gasteiger partial charge in [-0.05, 0) is 82.6 Å².